The Balaban J connectivity index is 1.74. The molecule has 0 saturated heterocycles. The lowest BCUT2D eigenvalue weighted by Gasteiger charge is -2.35. The molecule has 5 aromatic rings. The molecular weight excluding hydrogens is 488 g/mol. The van der Waals surface area contributed by atoms with Crippen LogP contribution < -0.4 is 11.3 Å². The van der Waals surface area contributed by atoms with Crippen LogP contribution in [-0.2, 0) is 6.42 Å². The molecule has 2 heterocycles. The molecule has 0 aliphatic rings. The Morgan fingerprint density at radius 1 is 1.00 bits per heavy atom. The van der Waals surface area contributed by atoms with Crippen LogP contribution in [0.3, 0.4) is 0 Å². The summed E-state index contributed by atoms with van der Waals surface area (Å²) < 4.78 is 7.24. The zero-order chi connectivity index (χ0) is 27.5. The smallest absolute Gasteiger partial charge is 0.290 e. The van der Waals surface area contributed by atoms with E-state index in [1.165, 1.54) is 4.57 Å². The number of hydrogen-bond donors (Lipinski definition) is 1. The van der Waals surface area contributed by atoms with Gasteiger partial charge in [0.25, 0.3) is 11.5 Å². The quantitative estimate of drug-likeness (QED) is 0.275. The Bertz CT molecular complexity index is 1650. The molecule has 3 aromatic carbocycles. The molecule has 2 aromatic heterocycles. The molecular formula is C32H34N4O3. The van der Waals surface area contributed by atoms with Gasteiger partial charge in [0, 0.05) is 24.1 Å². The topological polar surface area (TPSA) is 93.8 Å². The van der Waals surface area contributed by atoms with Gasteiger partial charge in [0.15, 0.2) is 11.2 Å². The van der Waals surface area contributed by atoms with Gasteiger partial charge in [0.05, 0.1) is 17.1 Å². The van der Waals surface area contributed by atoms with Gasteiger partial charge in [0.2, 0.25) is 0 Å². The summed E-state index contributed by atoms with van der Waals surface area (Å²) in [5, 5.41) is 0.753. The SMILES string of the molecule is Cc1ccc(C(=O)N(CCCN)C(c2nc3c4ccccc4on3c(=O)c2Cc2ccccc2)C(C)C)cc1. The average Bonchev–Trinajstić information content (AvgIpc) is 3.32. The number of para-hydroxylation sites is 1. The molecule has 0 saturated carbocycles. The van der Waals surface area contributed by atoms with E-state index in [1.807, 2.05) is 90.7 Å². The van der Waals surface area contributed by atoms with Crippen molar-refractivity contribution in [2.24, 2.45) is 11.7 Å². The lowest BCUT2D eigenvalue weighted by molar-refractivity contribution is 0.0614. The van der Waals surface area contributed by atoms with Crippen molar-refractivity contribution < 1.29 is 9.32 Å². The number of nitrogens with two attached hydrogens (primary N) is 1. The van der Waals surface area contributed by atoms with Gasteiger partial charge in [0.1, 0.15) is 0 Å². The summed E-state index contributed by atoms with van der Waals surface area (Å²) in [4.78, 5) is 35.0. The van der Waals surface area contributed by atoms with Crippen LogP contribution in [-0.4, -0.2) is 33.5 Å². The number of carbonyl (C=O) groups is 1. The molecule has 1 unspecified atom stereocenters. The molecule has 0 radical (unpaired) electrons. The fourth-order valence-electron chi connectivity index (χ4n) is 5.16. The summed E-state index contributed by atoms with van der Waals surface area (Å²) in [5.41, 5.74) is 10.5. The first kappa shape index (κ1) is 26.4. The van der Waals surface area contributed by atoms with Gasteiger partial charge in [-0.25, -0.2) is 4.98 Å². The van der Waals surface area contributed by atoms with Gasteiger partial charge in [-0.1, -0.05) is 74.0 Å². The van der Waals surface area contributed by atoms with Crippen molar-refractivity contribution in [3.63, 3.8) is 0 Å². The van der Waals surface area contributed by atoms with E-state index in [9.17, 15) is 9.59 Å². The van der Waals surface area contributed by atoms with Crippen molar-refractivity contribution in [3.05, 3.63) is 117 Å². The number of amides is 1. The first-order chi connectivity index (χ1) is 18.9. The highest BCUT2D eigenvalue weighted by Crippen LogP contribution is 2.33. The van der Waals surface area contributed by atoms with Gasteiger partial charge >= 0.3 is 0 Å². The van der Waals surface area contributed by atoms with Crippen molar-refractivity contribution in [2.45, 2.75) is 39.7 Å². The minimum Gasteiger partial charge on any atom is -0.369 e. The number of hydrogen-bond acceptors (Lipinski definition) is 5. The largest absolute Gasteiger partial charge is 0.369 e. The predicted octanol–water partition coefficient (Wildman–Crippen LogP) is 5.53. The Hall–Kier alpha value is -4.23. The van der Waals surface area contributed by atoms with Crippen molar-refractivity contribution >= 4 is 22.5 Å². The standard InChI is InChI=1S/C32H34N4O3/c1-21(2)29(35(19-9-18-33)31(37)24-16-14-22(3)15-17-24)28-26(20-23-10-5-4-6-11-23)32(38)36-30(34-28)25-12-7-8-13-27(25)39-36/h4-8,10-17,21,29H,9,18-20,33H2,1-3H3. The number of nitrogens with zero attached hydrogens (tertiary/aromatic N) is 3. The molecule has 2 N–H and O–H groups in total. The summed E-state index contributed by atoms with van der Waals surface area (Å²) in [5.74, 6) is -0.133. The first-order valence-electron chi connectivity index (χ1n) is 13.4. The fourth-order valence-corrected chi connectivity index (χ4v) is 5.16. The van der Waals surface area contributed by atoms with Crippen LogP contribution in [0.15, 0.2) is 88.2 Å². The van der Waals surface area contributed by atoms with E-state index in [0.29, 0.717) is 54.0 Å². The fraction of sp³-hybridized carbons (Fsp3) is 0.281. The van der Waals surface area contributed by atoms with E-state index < -0.39 is 6.04 Å². The third-order valence-corrected chi connectivity index (χ3v) is 7.12. The number of rotatable bonds is 9. The lowest BCUT2D eigenvalue weighted by Crippen LogP contribution is -2.41. The van der Waals surface area contributed by atoms with E-state index in [0.717, 1.165) is 16.5 Å². The van der Waals surface area contributed by atoms with Crippen molar-refractivity contribution in [1.29, 1.82) is 0 Å². The van der Waals surface area contributed by atoms with Crippen LogP contribution in [0.5, 0.6) is 0 Å². The maximum Gasteiger partial charge on any atom is 0.290 e. The van der Waals surface area contributed by atoms with Gasteiger partial charge in [-0.2, -0.15) is 0 Å². The third kappa shape index (κ3) is 5.22. The zero-order valence-electron chi connectivity index (χ0n) is 22.6. The van der Waals surface area contributed by atoms with Gasteiger partial charge < -0.3 is 15.2 Å². The van der Waals surface area contributed by atoms with Gasteiger partial charge in [-0.15, -0.1) is 4.57 Å². The Labute approximate surface area is 227 Å². The van der Waals surface area contributed by atoms with Crippen molar-refractivity contribution in [2.75, 3.05) is 13.1 Å². The van der Waals surface area contributed by atoms with Crippen molar-refractivity contribution in [3.8, 4) is 0 Å². The number of carbonyl (C=O) groups excluding carboxylic acids is 1. The molecule has 1 atom stereocenters. The van der Waals surface area contributed by atoms with Gasteiger partial charge in [-0.3, -0.25) is 9.59 Å². The number of aryl methyl sites for hydroxylation is 1. The molecule has 200 valence electrons. The monoisotopic (exact) mass is 522 g/mol. The molecule has 7 nitrogen and oxygen atoms in total. The van der Waals surface area contributed by atoms with E-state index in [-0.39, 0.29) is 17.4 Å². The maximum absolute atomic E-state index is 14.1. The van der Waals surface area contributed by atoms with E-state index in [4.69, 9.17) is 15.2 Å². The number of fused-ring (bicyclic) bond motifs is 3. The van der Waals surface area contributed by atoms with Crippen LogP contribution in [0, 0.1) is 12.8 Å². The molecule has 39 heavy (non-hydrogen) atoms. The lowest BCUT2D eigenvalue weighted by atomic mass is 9.92. The van der Waals surface area contributed by atoms with Gasteiger partial charge in [-0.05, 0) is 55.6 Å². The molecule has 0 bridgehead atoms. The van der Waals surface area contributed by atoms with Crippen LogP contribution in [0.2, 0.25) is 0 Å². The average molecular weight is 523 g/mol. The Morgan fingerprint density at radius 3 is 2.38 bits per heavy atom. The number of aromatic nitrogens is 2. The van der Waals surface area contributed by atoms with E-state index >= 15 is 0 Å². The summed E-state index contributed by atoms with van der Waals surface area (Å²) in [6, 6.07) is 24.5. The van der Waals surface area contributed by atoms with Crippen LogP contribution in [0.1, 0.15) is 59.1 Å². The van der Waals surface area contributed by atoms with E-state index in [2.05, 4.69) is 13.8 Å². The second-order valence-corrected chi connectivity index (χ2v) is 10.3. The normalized spacial score (nSPS) is 12.3. The summed E-state index contributed by atoms with van der Waals surface area (Å²) >= 11 is 0. The molecule has 0 spiro atoms. The molecule has 0 fully saturated rings. The first-order valence-corrected chi connectivity index (χ1v) is 13.4. The third-order valence-electron chi connectivity index (χ3n) is 7.12. The highest BCUT2D eigenvalue weighted by molar-refractivity contribution is 5.94. The molecule has 0 aliphatic heterocycles. The van der Waals surface area contributed by atoms with Crippen LogP contribution in [0.25, 0.3) is 16.6 Å². The highest BCUT2D eigenvalue weighted by atomic mass is 16.5. The Kier molecular flexibility index (Phi) is 7.61. The summed E-state index contributed by atoms with van der Waals surface area (Å²) in [6.45, 7) is 7.01. The summed E-state index contributed by atoms with van der Waals surface area (Å²) in [7, 11) is 0. The molecule has 7 heteroatoms. The van der Waals surface area contributed by atoms with E-state index in [1.54, 1.807) is 0 Å². The molecule has 0 aliphatic carbocycles. The minimum atomic E-state index is -0.449. The van der Waals surface area contributed by atoms with Crippen molar-refractivity contribution in [1.82, 2.24) is 14.5 Å². The maximum atomic E-state index is 14.1. The summed E-state index contributed by atoms with van der Waals surface area (Å²) in [6.07, 6.45) is 0.999. The highest BCUT2D eigenvalue weighted by Gasteiger charge is 2.33. The second-order valence-electron chi connectivity index (χ2n) is 10.3. The van der Waals surface area contributed by atoms with Crippen LogP contribution >= 0.6 is 0 Å². The minimum absolute atomic E-state index is 0.0285. The molecule has 5 rings (SSSR count). The predicted molar refractivity (Wildman–Crippen MR) is 154 cm³/mol. The Morgan fingerprint density at radius 2 is 1.69 bits per heavy atom. The van der Waals surface area contributed by atoms with Crippen LogP contribution in [0.4, 0.5) is 0 Å². The second kappa shape index (κ2) is 11.3. The zero-order valence-corrected chi connectivity index (χ0v) is 22.6. The molecule has 1 amide bonds. The number of benzene rings is 3.